The van der Waals surface area contributed by atoms with Crippen LogP contribution in [-0.2, 0) is 30.3 Å². The number of phenols is 1. The third-order valence-electron chi connectivity index (χ3n) is 6.96. The number of esters is 1. The Morgan fingerprint density at radius 2 is 1.86 bits per heavy atom. The third kappa shape index (κ3) is 7.67. The highest BCUT2D eigenvalue weighted by Gasteiger charge is 2.44. The Morgan fingerprint density at radius 1 is 1.14 bits per heavy atom. The summed E-state index contributed by atoms with van der Waals surface area (Å²) in [4.78, 5) is 40.7. The minimum Gasteiger partial charge on any atom is -0.508 e. The van der Waals surface area contributed by atoms with Gasteiger partial charge in [0, 0.05) is 32.6 Å². The van der Waals surface area contributed by atoms with Gasteiger partial charge in [0.05, 0.1) is 13.2 Å². The first-order valence-electron chi connectivity index (χ1n) is 12.6. The highest BCUT2D eigenvalue weighted by molar-refractivity contribution is 5.91. The van der Waals surface area contributed by atoms with Crippen molar-refractivity contribution in [2.45, 2.75) is 76.0 Å². The van der Waals surface area contributed by atoms with E-state index in [9.17, 15) is 19.5 Å². The Bertz CT molecular complexity index is 839. The van der Waals surface area contributed by atoms with Gasteiger partial charge in [0.1, 0.15) is 17.8 Å². The minimum atomic E-state index is -0.758. The van der Waals surface area contributed by atoms with Crippen molar-refractivity contribution in [2.24, 2.45) is 5.92 Å². The van der Waals surface area contributed by atoms with Crippen LogP contribution in [0.4, 0.5) is 0 Å². The van der Waals surface area contributed by atoms with Gasteiger partial charge in [-0.15, -0.1) is 0 Å². The topological polar surface area (TPSA) is 125 Å². The van der Waals surface area contributed by atoms with E-state index >= 15 is 0 Å². The molecule has 3 N–H and O–H groups in total. The number of benzene rings is 1. The van der Waals surface area contributed by atoms with E-state index in [1.165, 1.54) is 12.0 Å². The second-order valence-electron chi connectivity index (χ2n) is 9.44. The van der Waals surface area contributed by atoms with Crippen molar-refractivity contribution in [3.8, 4) is 5.75 Å². The zero-order valence-electron chi connectivity index (χ0n) is 20.5. The van der Waals surface area contributed by atoms with E-state index in [1.54, 1.807) is 24.3 Å². The lowest BCUT2D eigenvalue weighted by atomic mass is 9.83. The first kappa shape index (κ1) is 26.9. The molecule has 1 aliphatic heterocycles. The largest absolute Gasteiger partial charge is 0.508 e. The van der Waals surface area contributed by atoms with E-state index in [0.717, 1.165) is 37.7 Å². The van der Waals surface area contributed by atoms with Gasteiger partial charge in [-0.3, -0.25) is 9.59 Å². The van der Waals surface area contributed by atoms with Crippen LogP contribution in [0.25, 0.3) is 0 Å². The molecule has 2 aliphatic rings. The second kappa shape index (κ2) is 13.4. The van der Waals surface area contributed by atoms with Gasteiger partial charge in [0.2, 0.25) is 11.8 Å². The summed E-state index contributed by atoms with van der Waals surface area (Å²) in [6, 6.07) is 5.25. The molecule has 3 atom stereocenters. The number of aromatic hydroxyl groups is 1. The van der Waals surface area contributed by atoms with Crippen LogP contribution in [-0.4, -0.2) is 78.0 Å². The van der Waals surface area contributed by atoms with Gasteiger partial charge in [-0.2, -0.15) is 0 Å². The molecule has 2 amide bonds. The summed E-state index contributed by atoms with van der Waals surface area (Å²) in [6.07, 6.45) is 6.01. The maximum Gasteiger partial charge on any atom is 0.328 e. The first-order chi connectivity index (χ1) is 16.9. The molecule has 0 bridgehead atoms. The zero-order chi connectivity index (χ0) is 25.2. The number of nitrogens with zero attached hydrogens (tertiary/aromatic N) is 1. The number of phenolic OH excluding ortho intramolecular Hbond substituents is 1. The predicted octanol–water partition coefficient (Wildman–Crippen LogP) is 1.93. The van der Waals surface area contributed by atoms with Crippen LogP contribution in [0.3, 0.4) is 0 Å². The number of ether oxygens (including phenoxy) is 2. The quantitative estimate of drug-likeness (QED) is 0.320. The Morgan fingerprint density at radius 3 is 2.51 bits per heavy atom. The van der Waals surface area contributed by atoms with E-state index in [0.29, 0.717) is 25.9 Å². The number of hydrogen-bond donors (Lipinski definition) is 3. The molecular weight excluding hydrogens is 452 g/mol. The van der Waals surface area contributed by atoms with Gasteiger partial charge >= 0.3 is 5.97 Å². The van der Waals surface area contributed by atoms with Gasteiger partial charge in [-0.25, -0.2) is 4.79 Å². The third-order valence-corrected chi connectivity index (χ3v) is 6.96. The number of carbonyl (C=O) groups is 3. The lowest BCUT2D eigenvalue weighted by Gasteiger charge is -2.34. The van der Waals surface area contributed by atoms with Crippen molar-refractivity contribution < 1.29 is 34.1 Å². The Kier molecular flexibility index (Phi) is 10.3. The zero-order valence-corrected chi connectivity index (χ0v) is 20.5. The van der Waals surface area contributed by atoms with E-state index < -0.39 is 18.1 Å². The van der Waals surface area contributed by atoms with Crippen LogP contribution >= 0.6 is 0 Å². The van der Waals surface area contributed by atoms with Crippen molar-refractivity contribution in [2.75, 3.05) is 26.9 Å². The first-order valence-corrected chi connectivity index (χ1v) is 12.6. The number of nitrogens with one attached hydrogen (secondary N) is 1. The molecular formula is C26H38N2O7. The molecule has 3 rings (SSSR count). The molecule has 35 heavy (non-hydrogen) atoms. The smallest absolute Gasteiger partial charge is 0.328 e. The van der Waals surface area contributed by atoms with E-state index in [-0.39, 0.29) is 49.2 Å². The summed E-state index contributed by atoms with van der Waals surface area (Å²) in [5, 5.41) is 21.4. The fourth-order valence-corrected chi connectivity index (χ4v) is 5.03. The highest BCUT2D eigenvalue weighted by atomic mass is 16.5. The average molecular weight is 491 g/mol. The lowest BCUT2D eigenvalue weighted by Crippen LogP contribution is -2.55. The highest BCUT2D eigenvalue weighted by Crippen LogP contribution is 2.30. The van der Waals surface area contributed by atoms with Crippen LogP contribution in [0.1, 0.15) is 56.9 Å². The fraction of sp³-hybridized carbons (Fsp3) is 0.654. The molecule has 0 unspecified atom stereocenters. The summed E-state index contributed by atoms with van der Waals surface area (Å²) in [7, 11) is 1.30. The number of hydrogen-bond acceptors (Lipinski definition) is 7. The molecule has 0 aromatic heterocycles. The van der Waals surface area contributed by atoms with Crippen molar-refractivity contribution in [1.82, 2.24) is 10.2 Å². The van der Waals surface area contributed by atoms with Crippen molar-refractivity contribution in [3.63, 3.8) is 0 Å². The Labute approximate surface area is 206 Å². The lowest BCUT2D eigenvalue weighted by molar-refractivity contribution is -0.152. The molecule has 1 saturated heterocycles. The summed E-state index contributed by atoms with van der Waals surface area (Å²) in [5.41, 5.74) is 0.923. The Hall–Kier alpha value is -2.65. The van der Waals surface area contributed by atoms with Gasteiger partial charge in [0.15, 0.2) is 0 Å². The molecule has 194 valence electrons. The molecule has 1 aliphatic carbocycles. The fourth-order valence-electron chi connectivity index (χ4n) is 5.03. The van der Waals surface area contributed by atoms with Crippen LogP contribution < -0.4 is 5.32 Å². The molecule has 9 heteroatoms. The number of aliphatic hydroxyl groups is 1. The van der Waals surface area contributed by atoms with E-state index in [1.807, 2.05) is 0 Å². The van der Waals surface area contributed by atoms with Crippen molar-refractivity contribution in [3.05, 3.63) is 29.8 Å². The second-order valence-corrected chi connectivity index (χ2v) is 9.44. The van der Waals surface area contributed by atoms with Crippen LogP contribution in [0.5, 0.6) is 5.75 Å². The number of rotatable bonds is 11. The number of carbonyl (C=O) groups excluding carboxylic acids is 3. The van der Waals surface area contributed by atoms with E-state index in [4.69, 9.17) is 14.6 Å². The summed E-state index contributed by atoms with van der Waals surface area (Å²) < 4.78 is 10.7. The Balaban J connectivity index is 1.70. The maximum absolute atomic E-state index is 13.8. The summed E-state index contributed by atoms with van der Waals surface area (Å²) >= 11 is 0. The number of likely N-dealkylation sites (tertiary alicyclic amines) is 1. The van der Waals surface area contributed by atoms with Crippen LogP contribution in [0.15, 0.2) is 24.3 Å². The minimum absolute atomic E-state index is 0.00965. The molecule has 1 aromatic rings. The summed E-state index contributed by atoms with van der Waals surface area (Å²) in [6.45, 7) is 0.601. The van der Waals surface area contributed by atoms with Crippen molar-refractivity contribution >= 4 is 17.8 Å². The molecule has 1 saturated carbocycles. The monoisotopic (exact) mass is 490 g/mol. The van der Waals surface area contributed by atoms with Crippen molar-refractivity contribution in [1.29, 1.82) is 0 Å². The number of amides is 2. The summed E-state index contributed by atoms with van der Waals surface area (Å²) in [5.74, 6) is -0.787. The van der Waals surface area contributed by atoms with Gasteiger partial charge < -0.3 is 29.9 Å². The number of methoxy groups -OCH3 is 1. The average Bonchev–Trinajstić information content (AvgIpc) is 3.31. The standard InChI is InChI=1S/C26H38N2O7/c1-34-26(33)22-16-21(35-15-5-14-29)17-28(22)25(32)24(19-6-3-2-4-7-19)27-23(31)13-10-18-8-11-20(30)12-9-18/h8-9,11-12,19,21-22,24,29-30H,2-7,10,13-17H2,1H3,(H,27,31)/t21-,22+,24+/m1/s1. The number of aliphatic hydroxyl groups excluding tert-OH is 1. The molecule has 1 heterocycles. The van der Waals surface area contributed by atoms with Gasteiger partial charge in [0.25, 0.3) is 0 Å². The SMILES string of the molecule is COC(=O)[C@@H]1C[C@@H](OCCCO)CN1C(=O)[C@@H](NC(=O)CCc1ccc(O)cc1)C1CCCCC1. The number of aryl methyl sites for hydroxylation is 1. The van der Waals surface area contributed by atoms with Crippen LogP contribution in [0.2, 0.25) is 0 Å². The van der Waals surface area contributed by atoms with Gasteiger partial charge in [-0.05, 0) is 49.3 Å². The molecule has 0 radical (unpaired) electrons. The molecule has 0 spiro atoms. The van der Waals surface area contributed by atoms with Gasteiger partial charge in [-0.1, -0.05) is 31.4 Å². The molecule has 9 nitrogen and oxygen atoms in total. The predicted molar refractivity (Wildman–Crippen MR) is 129 cm³/mol. The maximum atomic E-state index is 13.8. The van der Waals surface area contributed by atoms with E-state index in [2.05, 4.69) is 5.32 Å². The van der Waals surface area contributed by atoms with Crippen LogP contribution in [0, 0.1) is 5.92 Å². The normalized spacial score (nSPS) is 21.5. The molecule has 2 fully saturated rings. The molecule has 1 aromatic carbocycles.